The van der Waals surface area contributed by atoms with E-state index in [0.717, 1.165) is 13.0 Å². The molecule has 0 aliphatic carbocycles. The molecule has 0 spiro atoms. The van der Waals surface area contributed by atoms with Gasteiger partial charge in [-0.25, -0.2) is 0 Å². The van der Waals surface area contributed by atoms with E-state index in [1.165, 1.54) is 16.7 Å². The maximum absolute atomic E-state index is 5.13. The summed E-state index contributed by atoms with van der Waals surface area (Å²) in [6.07, 6.45) is 4.48. The lowest BCUT2D eigenvalue weighted by molar-refractivity contribution is 0.521. The zero-order chi connectivity index (χ0) is 14.3. The normalized spacial score (nSPS) is 12.2. The van der Waals surface area contributed by atoms with Crippen LogP contribution in [0.3, 0.4) is 0 Å². The van der Waals surface area contributed by atoms with Crippen LogP contribution in [0.4, 0.5) is 0 Å². The molecule has 1 unspecified atom stereocenters. The molecule has 0 amide bonds. The van der Waals surface area contributed by atoms with Crippen LogP contribution in [0.1, 0.15) is 22.7 Å². The van der Waals surface area contributed by atoms with Gasteiger partial charge in [-0.05, 0) is 23.6 Å². The second-order valence-electron chi connectivity index (χ2n) is 5.17. The van der Waals surface area contributed by atoms with Gasteiger partial charge in [0.05, 0.1) is 12.5 Å². The monoisotopic (exact) mass is 277 g/mol. The summed E-state index contributed by atoms with van der Waals surface area (Å²) in [4.78, 5) is 0. The van der Waals surface area contributed by atoms with E-state index in [1.54, 1.807) is 12.5 Å². The minimum atomic E-state index is 0.295. The van der Waals surface area contributed by atoms with Gasteiger partial charge < -0.3 is 9.73 Å². The highest BCUT2D eigenvalue weighted by Crippen LogP contribution is 2.19. The standard InChI is InChI=1S/C19H19NO/c1-3-7-16(8-4-1)13-19(18-9-5-2-6-10-18)20-14-17-11-12-21-15-17/h1-12,15,19-20H,13-14H2. The molecule has 106 valence electrons. The van der Waals surface area contributed by atoms with E-state index in [0.29, 0.717) is 6.04 Å². The highest BCUT2D eigenvalue weighted by Gasteiger charge is 2.11. The molecule has 1 atom stereocenters. The van der Waals surface area contributed by atoms with E-state index in [-0.39, 0.29) is 0 Å². The van der Waals surface area contributed by atoms with Gasteiger partial charge in [0.25, 0.3) is 0 Å². The van der Waals surface area contributed by atoms with Crippen molar-refractivity contribution in [1.82, 2.24) is 5.32 Å². The van der Waals surface area contributed by atoms with E-state index in [4.69, 9.17) is 4.42 Å². The smallest absolute Gasteiger partial charge is 0.0947 e. The summed E-state index contributed by atoms with van der Waals surface area (Å²) >= 11 is 0. The van der Waals surface area contributed by atoms with E-state index in [9.17, 15) is 0 Å². The summed E-state index contributed by atoms with van der Waals surface area (Å²) in [6.45, 7) is 0.808. The zero-order valence-electron chi connectivity index (χ0n) is 11.9. The molecule has 0 bridgehead atoms. The van der Waals surface area contributed by atoms with Gasteiger partial charge in [0.15, 0.2) is 0 Å². The summed E-state index contributed by atoms with van der Waals surface area (Å²) in [5.74, 6) is 0. The number of rotatable bonds is 6. The second-order valence-corrected chi connectivity index (χ2v) is 5.17. The van der Waals surface area contributed by atoms with E-state index >= 15 is 0 Å². The molecule has 2 heteroatoms. The Morgan fingerprint density at radius 3 is 2.19 bits per heavy atom. The molecular formula is C19H19NO. The quantitative estimate of drug-likeness (QED) is 0.724. The van der Waals surface area contributed by atoms with E-state index < -0.39 is 0 Å². The zero-order valence-corrected chi connectivity index (χ0v) is 11.9. The summed E-state index contributed by atoms with van der Waals surface area (Å²) in [5, 5.41) is 3.63. The fourth-order valence-electron chi connectivity index (χ4n) is 2.48. The topological polar surface area (TPSA) is 25.2 Å². The lowest BCUT2D eigenvalue weighted by Gasteiger charge is -2.19. The molecule has 1 N–H and O–H groups in total. The first-order valence-electron chi connectivity index (χ1n) is 7.25. The van der Waals surface area contributed by atoms with Crippen molar-refractivity contribution in [3.8, 4) is 0 Å². The fourth-order valence-corrected chi connectivity index (χ4v) is 2.48. The highest BCUT2D eigenvalue weighted by atomic mass is 16.3. The predicted molar refractivity (Wildman–Crippen MR) is 84.9 cm³/mol. The van der Waals surface area contributed by atoms with Crippen LogP contribution in [0.15, 0.2) is 83.7 Å². The summed E-state index contributed by atoms with van der Waals surface area (Å²) < 4.78 is 5.13. The molecule has 1 aromatic heterocycles. The average molecular weight is 277 g/mol. The summed E-state index contributed by atoms with van der Waals surface area (Å²) in [7, 11) is 0. The third kappa shape index (κ3) is 3.83. The number of furan rings is 1. The SMILES string of the molecule is c1ccc(CC(NCc2ccoc2)c2ccccc2)cc1. The maximum atomic E-state index is 5.13. The van der Waals surface area contributed by atoms with Crippen LogP contribution in [0.2, 0.25) is 0 Å². The van der Waals surface area contributed by atoms with Crippen molar-refractivity contribution >= 4 is 0 Å². The Morgan fingerprint density at radius 2 is 1.52 bits per heavy atom. The van der Waals surface area contributed by atoms with Crippen LogP contribution in [-0.4, -0.2) is 0 Å². The van der Waals surface area contributed by atoms with Crippen LogP contribution in [-0.2, 0) is 13.0 Å². The van der Waals surface area contributed by atoms with Crippen LogP contribution in [0, 0.1) is 0 Å². The van der Waals surface area contributed by atoms with Gasteiger partial charge in [-0.15, -0.1) is 0 Å². The molecule has 2 aromatic carbocycles. The van der Waals surface area contributed by atoms with Crippen LogP contribution >= 0.6 is 0 Å². The van der Waals surface area contributed by atoms with Gasteiger partial charge in [-0.3, -0.25) is 0 Å². The molecule has 3 aromatic rings. The van der Waals surface area contributed by atoms with E-state index in [2.05, 4.69) is 66.0 Å². The molecule has 0 saturated carbocycles. The van der Waals surface area contributed by atoms with Gasteiger partial charge in [-0.2, -0.15) is 0 Å². The van der Waals surface area contributed by atoms with Gasteiger partial charge in [-0.1, -0.05) is 60.7 Å². The molecule has 0 aliphatic rings. The molecule has 0 aliphatic heterocycles. The predicted octanol–water partition coefficient (Wildman–Crippen LogP) is 4.35. The molecule has 1 heterocycles. The fraction of sp³-hybridized carbons (Fsp3) is 0.158. The second kappa shape index (κ2) is 6.91. The largest absolute Gasteiger partial charge is 0.472 e. The highest BCUT2D eigenvalue weighted by molar-refractivity contribution is 5.24. The molecule has 3 rings (SSSR count). The Balaban J connectivity index is 1.74. The van der Waals surface area contributed by atoms with Crippen LogP contribution in [0.25, 0.3) is 0 Å². The minimum Gasteiger partial charge on any atom is -0.472 e. The minimum absolute atomic E-state index is 0.295. The lowest BCUT2D eigenvalue weighted by atomic mass is 9.98. The van der Waals surface area contributed by atoms with Crippen molar-refractivity contribution < 1.29 is 4.42 Å². The Morgan fingerprint density at radius 1 is 0.810 bits per heavy atom. The molecule has 21 heavy (non-hydrogen) atoms. The molecule has 2 nitrogen and oxygen atoms in total. The summed E-state index contributed by atoms with van der Waals surface area (Å²) in [6, 6.07) is 23.5. The van der Waals surface area contributed by atoms with Gasteiger partial charge in [0.2, 0.25) is 0 Å². The van der Waals surface area contributed by atoms with Crippen molar-refractivity contribution in [3.63, 3.8) is 0 Å². The van der Waals surface area contributed by atoms with Gasteiger partial charge in [0, 0.05) is 18.2 Å². The Hall–Kier alpha value is -2.32. The van der Waals surface area contributed by atoms with Gasteiger partial charge in [0.1, 0.15) is 0 Å². The molecule has 0 fully saturated rings. The van der Waals surface area contributed by atoms with Crippen molar-refractivity contribution in [3.05, 3.63) is 95.9 Å². The Labute approximate surface area is 125 Å². The maximum Gasteiger partial charge on any atom is 0.0947 e. The molecular weight excluding hydrogens is 258 g/mol. The first-order chi connectivity index (χ1) is 10.4. The van der Waals surface area contributed by atoms with Crippen molar-refractivity contribution in [2.45, 2.75) is 19.0 Å². The number of nitrogens with one attached hydrogen (secondary N) is 1. The summed E-state index contributed by atoms with van der Waals surface area (Å²) in [5.41, 5.74) is 3.82. The molecule has 0 radical (unpaired) electrons. The van der Waals surface area contributed by atoms with Crippen LogP contribution < -0.4 is 5.32 Å². The first kappa shape index (κ1) is 13.7. The Kier molecular flexibility index (Phi) is 4.49. The van der Waals surface area contributed by atoms with Gasteiger partial charge >= 0.3 is 0 Å². The number of hydrogen-bond donors (Lipinski definition) is 1. The number of benzene rings is 2. The van der Waals surface area contributed by atoms with Crippen molar-refractivity contribution in [2.24, 2.45) is 0 Å². The van der Waals surface area contributed by atoms with E-state index in [1.807, 2.05) is 6.07 Å². The Bertz CT molecular complexity index is 632. The molecule has 0 saturated heterocycles. The lowest BCUT2D eigenvalue weighted by Crippen LogP contribution is -2.22. The van der Waals surface area contributed by atoms with Crippen LogP contribution in [0.5, 0.6) is 0 Å². The first-order valence-corrected chi connectivity index (χ1v) is 7.25. The third-order valence-electron chi connectivity index (χ3n) is 3.62. The van der Waals surface area contributed by atoms with Crippen molar-refractivity contribution in [2.75, 3.05) is 0 Å². The third-order valence-corrected chi connectivity index (χ3v) is 3.62. The number of hydrogen-bond acceptors (Lipinski definition) is 2. The average Bonchev–Trinajstić information content (AvgIpc) is 3.07. The van der Waals surface area contributed by atoms with Crippen molar-refractivity contribution in [1.29, 1.82) is 0 Å².